The summed E-state index contributed by atoms with van der Waals surface area (Å²) in [4.78, 5) is 62.1. The fourth-order valence-corrected chi connectivity index (χ4v) is 9.85. The Labute approximate surface area is 360 Å². The lowest BCUT2D eigenvalue weighted by molar-refractivity contribution is -0.274. The SMILES string of the molecule is COc1ccc2c(OC3C[C@H]4C(=O)N[C@]5(C(=O)NS(=O)(=O)C6CC6)CC5/C=C\CCCSC[C@H](NC(=O)OC(C)(C)C)C(=O)N4C3)nc(-c3ccc(OC(F)(F)F)cc3)cc2c1. The van der Waals surface area contributed by atoms with E-state index in [4.69, 9.17) is 19.2 Å². The normalized spacial score (nSPS) is 25.2. The first kappa shape index (κ1) is 44.8. The molecule has 2 unspecified atom stereocenters. The van der Waals surface area contributed by atoms with E-state index in [2.05, 4.69) is 20.1 Å². The quantitative estimate of drug-likeness (QED) is 0.225. The van der Waals surface area contributed by atoms with Crippen LogP contribution < -0.4 is 29.6 Å². The first-order valence-electron chi connectivity index (χ1n) is 20.2. The van der Waals surface area contributed by atoms with Gasteiger partial charge in [-0.3, -0.25) is 19.1 Å². The van der Waals surface area contributed by atoms with Crippen LogP contribution in [0.3, 0.4) is 0 Å². The van der Waals surface area contributed by atoms with Gasteiger partial charge in [-0.25, -0.2) is 18.2 Å². The number of alkyl halides is 3. The van der Waals surface area contributed by atoms with Gasteiger partial charge in [0.2, 0.25) is 27.7 Å². The summed E-state index contributed by atoms with van der Waals surface area (Å²) in [5, 5.41) is 5.95. The third-order valence-corrected chi connectivity index (χ3v) is 13.7. The molecule has 4 amide bonds. The molecular weight excluding hydrogens is 856 g/mol. The summed E-state index contributed by atoms with van der Waals surface area (Å²) in [5.74, 6) is -1.78. The number of fused-ring (bicyclic) bond motifs is 3. The number of carbonyl (C=O) groups is 4. The summed E-state index contributed by atoms with van der Waals surface area (Å²) >= 11 is 1.43. The van der Waals surface area contributed by atoms with Crippen molar-refractivity contribution < 1.29 is 59.7 Å². The van der Waals surface area contributed by atoms with E-state index in [9.17, 15) is 40.8 Å². The molecular formula is C42H48F3N5O10S2. The molecule has 5 atom stereocenters. The zero-order valence-electron chi connectivity index (χ0n) is 34.5. The fourth-order valence-electron chi connectivity index (χ4n) is 7.49. The maximum atomic E-state index is 14.6. The molecule has 0 radical (unpaired) electrons. The van der Waals surface area contributed by atoms with Crippen molar-refractivity contribution in [1.82, 2.24) is 25.2 Å². The third-order valence-electron chi connectivity index (χ3n) is 10.8. The molecule has 3 fully saturated rings. The second kappa shape index (κ2) is 17.5. The Hall–Kier alpha value is -5.24. The van der Waals surface area contributed by atoms with Crippen LogP contribution in [0, 0.1) is 5.92 Å². The first-order valence-corrected chi connectivity index (χ1v) is 22.9. The Kier molecular flexibility index (Phi) is 12.6. The second-order valence-corrected chi connectivity index (χ2v) is 19.9. The van der Waals surface area contributed by atoms with Gasteiger partial charge in [0.1, 0.15) is 40.8 Å². The minimum Gasteiger partial charge on any atom is -0.497 e. The lowest BCUT2D eigenvalue weighted by Gasteiger charge is -2.30. The zero-order valence-corrected chi connectivity index (χ0v) is 36.1. The molecule has 334 valence electrons. The molecule has 4 aliphatic rings. The van der Waals surface area contributed by atoms with Gasteiger partial charge in [0.25, 0.3) is 5.91 Å². The van der Waals surface area contributed by atoms with E-state index in [-0.39, 0.29) is 31.0 Å². The van der Waals surface area contributed by atoms with Gasteiger partial charge in [-0.05, 0) is 113 Å². The Morgan fingerprint density at radius 3 is 2.44 bits per heavy atom. The summed E-state index contributed by atoms with van der Waals surface area (Å²) in [6.07, 6.45) is -0.721. The Bertz CT molecular complexity index is 2350. The van der Waals surface area contributed by atoms with Gasteiger partial charge in [0.05, 0.1) is 24.6 Å². The largest absolute Gasteiger partial charge is 0.573 e. The number of aromatic nitrogens is 1. The smallest absolute Gasteiger partial charge is 0.497 e. The number of nitrogens with one attached hydrogen (secondary N) is 3. The van der Waals surface area contributed by atoms with Crippen LogP contribution in [0.5, 0.6) is 17.4 Å². The number of carbonyl (C=O) groups excluding carboxylic acids is 4. The molecule has 7 rings (SSSR count). The van der Waals surface area contributed by atoms with E-state index in [1.807, 2.05) is 6.08 Å². The predicted molar refractivity (Wildman–Crippen MR) is 223 cm³/mol. The van der Waals surface area contributed by atoms with Crippen LogP contribution in [-0.2, 0) is 29.1 Å². The number of halogens is 3. The van der Waals surface area contributed by atoms with Crippen molar-refractivity contribution in [1.29, 1.82) is 0 Å². The van der Waals surface area contributed by atoms with Crippen molar-refractivity contribution in [2.24, 2.45) is 5.92 Å². The zero-order chi connectivity index (χ0) is 44.6. The van der Waals surface area contributed by atoms with Crippen molar-refractivity contribution in [3.63, 3.8) is 0 Å². The molecule has 3 heterocycles. The van der Waals surface area contributed by atoms with Crippen LogP contribution >= 0.6 is 11.8 Å². The highest BCUT2D eigenvalue weighted by atomic mass is 32.2. The van der Waals surface area contributed by atoms with Gasteiger partial charge in [0.15, 0.2) is 0 Å². The number of ether oxygens (including phenoxy) is 4. The highest BCUT2D eigenvalue weighted by Gasteiger charge is 2.62. The van der Waals surface area contributed by atoms with Crippen LogP contribution in [0.25, 0.3) is 22.0 Å². The Morgan fingerprint density at radius 1 is 1.03 bits per heavy atom. The van der Waals surface area contributed by atoms with Gasteiger partial charge < -0.3 is 34.5 Å². The summed E-state index contributed by atoms with van der Waals surface area (Å²) < 4.78 is 88.2. The van der Waals surface area contributed by atoms with Gasteiger partial charge >= 0.3 is 12.5 Å². The van der Waals surface area contributed by atoms with Crippen molar-refractivity contribution >= 4 is 56.4 Å². The minimum absolute atomic E-state index is 0.0869. The predicted octanol–water partition coefficient (Wildman–Crippen LogP) is 5.62. The van der Waals surface area contributed by atoms with E-state index >= 15 is 0 Å². The van der Waals surface area contributed by atoms with Gasteiger partial charge in [-0.1, -0.05) is 12.2 Å². The summed E-state index contributed by atoms with van der Waals surface area (Å²) in [5.41, 5.74) is -1.73. The van der Waals surface area contributed by atoms with Crippen molar-refractivity contribution in [2.45, 2.75) is 100 Å². The molecule has 1 aromatic heterocycles. The lowest BCUT2D eigenvalue weighted by Crippen LogP contribution is -2.58. The van der Waals surface area contributed by atoms with Crippen molar-refractivity contribution in [3.05, 3.63) is 60.7 Å². The number of allylic oxidation sites excluding steroid dienone is 1. The molecule has 0 bridgehead atoms. The molecule has 2 aliphatic carbocycles. The van der Waals surface area contributed by atoms with E-state index in [1.54, 1.807) is 51.1 Å². The molecule has 62 heavy (non-hydrogen) atoms. The van der Waals surface area contributed by atoms with Crippen LogP contribution in [-0.4, -0.2) is 108 Å². The number of hydrogen-bond donors (Lipinski definition) is 3. The fraction of sp³-hybridized carbons (Fsp3) is 0.500. The maximum Gasteiger partial charge on any atom is 0.573 e. The average Bonchev–Trinajstić information content (AvgIpc) is 4.12. The molecule has 0 spiro atoms. The second-order valence-electron chi connectivity index (χ2n) is 16.7. The minimum atomic E-state index is -4.88. The number of benzene rings is 2. The van der Waals surface area contributed by atoms with Crippen molar-refractivity contribution in [3.8, 4) is 28.6 Å². The topological polar surface area (TPSA) is 192 Å². The molecule has 20 heteroatoms. The standard InChI is InChI=1S/C42H48F3N5O10S2/c1-40(2,3)60-39(54)47-33-23-61-17-7-5-6-8-26-21-41(26,38(53)49-62(55,56)30-14-15-30)48-35(51)34-20-29(22-50(34)37(33)52)58-36-31-16-13-28(57-4)18-25(31)19-32(46-36)24-9-11-27(12-10-24)59-42(43,44)45/h6,8-13,16,18-19,26,29-30,33-34H,5,7,14-15,17,20-23H2,1-4H3,(H,47,54)(H,48,51)(H,49,53)/b8-6-/t26?,29?,33-,34-,41+/m0/s1. The van der Waals surface area contributed by atoms with Crippen molar-refractivity contribution in [2.75, 3.05) is 25.2 Å². The number of hydrogen-bond acceptors (Lipinski definition) is 12. The van der Waals surface area contributed by atoms with E-state index < -0.39 is 86.4 Å². The molecule has 3 aromatic rings. The van der Waals surface area contributed by atoms with E-state index in [0.717, 1.165) is 12.1 Å². The Morgan fingerprint density at radius 2 is 1.76 bits per heavy atom. The molecule has 2 aromatic carbocycles. The molecule has 3 N–H and O–H groups in total. The number of alkyl carbamates (subject to hydrolysis) is 1. The van der Waals surface area contributed by atoms with E-state index in [0.29, 0.717) is 59.2 Å². The molecule has 15 nitrogen and oxygen atoms in total. The number of nitrogens with zero attached hydrogens (tertiary/aromatic N) is 2. The number of methoxy groups -OCH3 is 1. The first-order chi connectivity index (χ1) is 29.2. The van der Waals surface area contributed by atoms with Crippen LogP contribution in [0.15, 0.2) is 60.7 Å². The number of rotatable bonds is 9. The average molecular weight is 904 g/mol. The van der Waals surface area contributed by atoms with E-state index in [1.165, 1.54) is 35.9 Å². The monoisotopic (exact) mass is 903 g/mol. The van der Waals surface area contributed by atoms with Crippen LogP contribution in [0.4, 0.5) is 18.0 Å². The molecule has 2 saturated carbocycles. The van der Waals surface area contributed by atoms with Gasteiger partial charge in [0, 0.05) is 29.0 Å². The number of pyridine rings is 1. The summed E-state index contributed by atoms with van der Waals surface area (Å²) in [6, 6.07) is 9.57. The number of sulfonamides is 1. The highest BCUT2D eigenvalue weighted by Crippen LogP contribution is 2.46. The van der Waals surface area contributed by atoms with Gasteiger partial charge in [-0.2, -0.15) is 11.8 Å². The molecule has 1 saturated heterocycles. The number of amides is 4. The van der Waals surface area contributed by atoms with Gasteiger partial charge in [-0.15, -0.1) is 13.2 Å². The maximum absolute atomic E-state index is 14.6. The summed E-state index contributed by atoms with van der Waals surface area (Å²) in [7, 11) is -2.48. The highest BCUT2D eigenvalue weighted by molar-refractivity contribution is 7.99. The third kappa shape index (κ3) is 10.7. The van der Waals surface area contributed by atoms with Crippen LogP contribution in [0.1, 0.15) is 59.3 Å². The molecule has 2 aliphatic heterocycles. The lowest BCUT2D eigenvalue weighted by atomic mass is 10.1. The van der Waals surface area contributed by atoms with Crippen LogP contribution in [0.2, 0.25) is 0 Å². The summed E-state index contributed by atoms with van der Waals surface area (Å²) in [6.45, 7) is 4.88. The number of thioether (sulfide) groups is 1. The Balaban J connectivity index is 1.23.